The molecular formula is C22H39O4P. The summed E-state index contributed by atoms with van der Waals surface area (Å²) in [7, 11) is -2.05. The Kier molecular flexibility index (Phi) is 9.21. The van der Waals surface area contributed by atoms with E-state index in [9.17, 15) is 4.57 Å². The standard InChI is InChI=1S/C22H39O4P/c1-9-21(4,5)19-15-18(16-20(17-19)22(6,7)10-2)13-12-14-26-27(23,24-8)25-11-3/h15-17H,9-14H2,1-8H3. The molecule has 1 aromatic rings. The topological polar surface area (TPSA) is 44.8 Å². The average Bonchev–Trinajstić information content (AvgIpc) is 2.65. The molecule has 0 amide bonds. The van der Waals surface area contributed by atoms with Crippen molar-refractivity contribution < 1.29 is 18.1 Å². The first-order valence-electron chi connectivity index (χ1n) is 10.1. The van der Waals surface area contributed by atoms with Crippen molar-refractivity contribution in [1.82, 2.24) is 0 Å². The Balaban J connectivity index is 2.95. The van der Waals surface area contributed by atoms with Crippen molar-refractivity contribution in [3.8, 4) is 0 Å². The van der Waals surface area contributed by atoms with E-state index in [1.54, 1.807) is 6.92 Å². The summed E-state index contributed by atoms with van der Waals surface area (Å²) in [6.45, 7) is 16.1. The quantitative estimate of drug-likeness (QED) is 0.287. The predicted octanol–water partition coefficient (Wildman–Crippen LogP) is 6.80. The molecule has 1 unspecified atom stereocenters. The fourth-order valence-electron chi connectivity index (χ4n) is 2.78. The maximum absolute atomic E-state index is 12.2. The van der Waals surface area contributed by atoms with Crippen LogP contribution in [0.1, 0.15) is 84.4 Å². The van der Waals surface area contributed by atoms with Gasteiger partial charge in [-0.15, -0.1) is 0 Å². The molecule has 0 aliphatic rings. The lowest BCUT2D eigenvalue weighted by molar-refractivity contribution is 0.135. The van der Waals surface area contributed by atoms with Gasteiger partial charge in [-0.3, -0.25) is 13.6 Å². The van der Waals surface area contributed by atoms with Crippen molar-refractivity contribution in [2.75, 3.05) is 20.3 Å². The highest BCUT2D eigenvalue weighted by Crippen LogP contribution is 2.48. The van der Waals surface area contributed by atoms with E-state index in [0.29, 0.717) is 13.2 Å². The van der Waals surface area contributed by atoms with Crippen LogP contribution < -0.4 is 0 Å². The normalized spacial score (nSPS) is 15.0. The predicted molar refractivity (Wildman–Crippen MR) is 114 cm³/mol. The summed E-state index contributed by atoms with van der Waals surface area (Å²) in [6, 6.07) is 7.01. The van der Waals surface area contributed by atoms with Crippen molar-refractivity contribution in [3.05, 3.63) is 34.9 Å². The molecule has 5 heteroatoms. The van der Waals surface area contributed by atoms with Crippen LogP contribution in [0.3, 0.4) is 0 Å². The largest absolute Gasteiger partial charge is 0.474 e. The molecule has 0 bridgehead atoms. The number of hydrogen-bond acceptors (Lipinski definition) is 4. The first kappa shape index (κ1) is 24.4. The molecule has 27 heavy (non-hydrogen) atoms. The summed E-state index contributed by atoms with van der Waals surface area (Å²) >= 11 is 0. The number of aryl methyl sites for hydroxylation is 1. The Morgan fingerprint density at radius 3 is 1.81 bits per heavy atom. The molecule has 156 valence electrons. The zero-order chi connectivity index (χ0) is 20.7. The number of benzene rings is 1. The SMILES string of the molecule is CCOP(=O)(OC)OCCCc1cc(C(C)(C)CC)cc(C(C)(C)CC)c1. The van der Waals surface area contributed by atoms with Crippen molar-refractivity contribution in [1.29, 1.82) is 0 Å². The van der Waals surface area contributed by atoms with Crippen LogP contribution in [0, 0.1) is 0 Å². The summed E-state index contributed by atoms with van der Waals surface area (Å²) in [5.41, 5.74) is 4.36. The van der Waals surface area contributed by atoms with Crippen molar-refractivity contribution in [3.63, 3.8) is 0 Å². The minimum atomic E-state index is -3.40. The van der Waals surface area contributed by atoms with Gasteiger partial charge in [-0.1, -0.05) is 59.7 Å². The van der Waals surface area contributed by atoms with Crippen LogP contribution >= 0.6 is 7.82 Å². The molecular weight excluding hydrogens is 359 g/mol. The van der Waals surface area contributed by atoms with Gasteiger partial charge in [0.25, 0.3) is 0 Å². The van der Waals surface area contributed by atoms with Gasteiger partial charge in [0.2, 0.25) is 0 Å². The molecule has 0 heterocycles. The monoisotopic (exact) mass is 398 g/mol. The second-order valence-corrected chi connectivity index (χ2v) is 10.2. The Labute approximate surface area is 166 Å². The number of rotatable bonds is 12. The van der Waals surface area contributed by atoms with Gasteiger partial charge in [0, 0.05) is 7.11 Å². The van der Waals surface area contributed by atoms with Crippen LogP contribution in [-0.2, 0) is 35.4 Å². The molecule has 0 spiro atoms. The van der Waals surface area contributed by atoms with E-state index in [2.05, 4.69) is 59.7 Å². The highest BCUT2D eigenvalue weighted by Gasteiger charge is 2.25. The zero-order valence-electron chi connectivity index (χ0n) is 18.6. The first-order chi connectivity index (χ1) is 12.5. The second kappa shape index (κ2) is 10.2. The van der Waals surface area contributed by atoms with E-state index in [-0.39, 0.29) is 10.8 Å². The number of phosphoric acid groups is 1. The van der Waals surface area contributed by atoms with Gasteiger partial charge in [0.1, 0.15) is 0 Å². The highest BCUT2D eigenvalue weighted by atomic mass is 31.2. The van der Waals surface area contributed by atoms with E-state index in [0.717, 1.165) is 25.7 Å². The minimum absolute atomic E-state index is 0.145. The minimum Gasteiger partial charge on any atom is -0.290 e. The number of phosphoric ester groups is 1. The van der Waals surface area contributed by atoms with E-state index in [1.807, 2.05) is 0 Å². The lowest BCUT2D eigenvalue weighted by atomic mass is 9.75. The molecule has 0 N–H and O–H groups in total. The van der Waals surface area contributed by atoms with Gasteiger partial charge in [0.05, 0.1) is 13.2 Å². The lowest BCUT2D eigenvalue weighted by Gasteiger charge is -2.29. The molecule has 0 radical (unpaired) electrons. The number of hydrogen-bond donors (Lipinski definition) is 0. The van der Waals surface area contributed by atoms with Crippen LogP contribution in [0.25, 0.3) is 0 Å². The van der Waals surface area contributed by atoms with Crippen LogP contribution in [0.5, 0.6) is 0 Å². The zero-order valence-corrected chi connectivity index (χ0v) is 19.4. The second-order valence-electron chi connectivity index (χ2n) is 8.38. The van der Waals surface area contributed by atoms with Gasteiger partial charge in [0.15, 0.2) is 0 Å². The Morgan fingerprint density at radius 2 is 1.41 bits per heavy atom. The molecule has 0 aliphatic heterocycles. The van der Waals surface area contributed by atoms with Crippen LogP contribution in [-0.4, -0.2) is 20.3 Å². The maximum Gasteiger partial charge on any atom is 0.474 e. The molecule has 4 nitrogen and oxygen atoms in total. The summed E-state index contributed by atoms with van der Waals surface area (Å²) in [6.07, 6.45) is 3.83. The van der Waals surface area contributed by atoms with Crippen molar-refractivity contribution in [2.45, 2.75) is 85.0 Å². The smallest absolute Gasteiger partial charge is 0.290 e. The van der Waals surface area contributed by atoms with E-state index in [1.165, 1.54) is 23.8 Å². The Morgan fingerprint density at radius 1 is 0.889 bits per heavy atom. The summed E-state index contributed by atoms with van der Waals surface area (Å²) in [5, 5.41) is 0. The molecule has 1 atom stereocenters. The van der Waals surface area contributed by atoms with E-state index >= 15 is 0 Å². The fraction of sp³-hybridized carbons (Fsp3) is 0.727. The molecule has 0 aromatic heterocycles. The molecule has 1 aromatic carbocycles. The highest BCUT2D eigenvalue weighted by molar-refractivity contribution is 7.48. The van der Waals surface area contributed by atoms with Gasteiger partial charge in [-0.05, 0) is 60.1 Å². The third-order valence-corrected chi connectivity index (χ3v) is 7.21. The van der Waals surface area contributed by atoms with E-state index < -0.39 is 7.82 Å². The molecule has 0 saturated carbocycles. The fourth-order valence-corrected chi connectivity index (χ4v) is 3.73. The van der Waals surface area contributed by atoms with Gasteiger partial charge < -0.3 is 0 Å². The van der Waals surface area contributed by atoms with Crippen LogP contribution in [0.4, 0.5) is 0 Å². The average molecular weight is 399 g/mol. The Bertz CT molecular complexity index is 603. The van der Waals surface area contributed by atoms with Gasteiger partial charge in [-0.2, -0.15) is 0 Å². The third-order valence-electron chi connectivity index (χ3n) is 5.69. The van der Waals surface area contributed by atoms with Crippen molar-refractivity contribution >= 4 is 7.82 Å². The summed E-state index contributed by atoms with van der Waals surface area (Å²) in [4.78, 5) is 0. The Hall–Kier alpha value is -0.670. The third kappa shape index (κ3) is 7.02. The van der Waals surface area contributed by atoms with Crippen LogP contribution in [0.15, 0.2) is 18.2 Å². The first-order valence-corrected chi connectivity index (χ1v) is 11.6. The summed E-state index contributed by atoms with van der Waals surface area (Å²) in [5.74, 6) is 0. The molecule has 0 aliphatic carbocycles. The van der Waals surface area contributed by atoms with Gasteiger partial charge in [-0.25, -0.2) is 4.57 Å². The molecule has 1 rings (SSSR count). The molecule has 0 saturated heterocycles. The molecule has 0 fully saturated rings. The summed E-state index contributed by atoms with van der Waals surface area (Å²) < 4.78 is 27.6. The maximum atomic E-state index is 12.2. The van der Waals surface area contributed by atoms with E-state index in [4.69, 9.17) is 13.6 Å². The van der Waals surface area contributed by atoms with Crippen LogP contribution in [0.2, 0.25) is 0 Å². The lowest BCUT2D eigenvalue weighted by Crippen LogP contribution is -2.20. The van der Waals surface area contributed by atoms with Crippen molar-refractivity contribution in [2.24, 2.45) is 0 Å². The van der Waals surface area contributed by atoms with Gasteiger partial charge >= 0.3 is 7.82 Å².